The lowest BCUT2D eigenvalue weighted by atomic mass is 10.3. The van der Waals surface area contributed by atoms with Crippen molar-refractivity contribution < 1.29 is 9.90 Å². The lowest BCUT2D eigenvalue weighted by molar-refractivity contribution is 0.0699. The van der Waals surface area contributed by atoms with Crippen LogP contribution in [0.15, 0.2) is 24.3 Å². The van der Waals surface area contributed by atoms with Gasteiger partial charge < -0.3 is 16.6 Å². The predicted octanol–water partition coefficient (Wildman–Crippen LogP) is 1.39. The molecule has 0 aliphatic rings. The van der Waals surface area contributed by atoms with E-state index in [-0.39, 0.29) is 17.2 Å². The summed E-state index contributed by atoms with van der Waals surface area (Å²) in [6, 6.07) is 6.62. The van der Waals surface area contributed by atoms with Gasteiger partial charge in [0, 0.05) is 5.02 Å². The molecular weight excluding hydrogens is 244 g/mol. The predicted molar refractivity (Wildman–Crippen MR) is 64.4 cm³/mol. The molecule has 2 aromatic rings. The number of aromatic nitrogens is 2. The summed E-state index contributed by atoms with van der Waals surface area (Å²) in [4.78, 5) is 10.9. The molecule has 17 heavy (non-hydrogen) atoms. The Kier molecular flexibility index (Phi) is 2.64. The van der Waals surface area contributed by atoms with Crippen LogP contribution in [-0.4, -0.2) is 20.9 Å². The van der Waals surface area contributed by atoms with E-state index in [1.54, 1.807) is 24.3 Å². The van der Waals surface area contributed by atoms with Gasteiger partial charge in [0.1, 0.15) is 11.4 Å². The fraction of sp³-hybridized carbons (Fsp3) is 0. The molecule has 0 fully saturated rings. The molecule has 1 aromatic carbocycles. The van der Waals surface area contributed by atoms with Crippen molar-refractivity contribution in [3.63, 3.8) is 0 Å². The molecule has 88 valence electrons. The second-order valence-electron chi connectivity index (χ2n) is 3.34. The van der Waals surface area contributed by atoms with Crippen molar-refractivity contribution in [1.29, 1.82) is 0 Å². The highest BCUT2D eigenvalue weighted by atomic mass is 35.5. The van der Waals surface area contributed by atoms with E-state index in [1.807, 2.05) is 0 Å². The highest BCUT2D eigenvalue weighted by molar-refractivity contribution is 6.30. The zero-order valence-corrected chi connectivity index (χ0v) is 9.35. The van der Waals surface area contributed by atoms with Crippen molar-refractivity contribution in [3.8, 4) is 5.69 Å². The SMILES string of the molecule is Nc1nn(-c2ccc(Cl)cc2)c(N)c1C(=O)O. The highest BCUT2D eigenvalue weighted by Gasteiger charge is 2.20. The molecule has 0 aliphatic carbocycles. The Labute approximate surface area is 101 Å². The number of nitrogens with two attached hydrogens (primary N) is 2. The fourth-order valence-electron chi connectivity index (χ4n) is 1.45. The van der Waals surface area contributed by atoms with Crippen molar-refractivity contribution in [2.75, 3.05) is 11.5 Å². The average Bonchev–Trinajstić information content (AvgIpc) is 2.55. The Morgan fingerprint density at radius 1 is 1.29 bits per heavy atom. The number of carbonyl (C=O) groups is 1. The number of aromatic carboxylic acids is 1. The number of nitrogens with zero attached hydrogens (tertiary/aromatic N) is 2. The molecule has 0 amide bonds. The number of hydrogen-bond acceptors (Lipinski definition) is 4. The molecule has 5 N–H and O–H groups in total. The highest BCUT2D eigenvalue weighted by Crippen LogP contribution is 2.23. The van der Waals surface area contributed by atoms with Crippen LogP contribution in [0.5, 0.6) is 0 Å². The van der Waals surface area contributed by atoms with Gasteiger partial charge in [0.2, 0.25) is 0 Å². The summed E-state index contributed by atoms with van der Waals surface area (Å²) < 4.78 is 1.26. The van der Waals surface area contributed by atoms with Gasteiger partial charge in [-0.05, 0) is 24.3 Å². The first-order valence-electron chi connectivity index (χ1n) is 4.64. The minimum absolute atomic E-state index is 0.0164. The maximum absolute atomic E-state index is 10.9. The van der Waals surface area contributed by atoms with Crippen LogP contribution >= 0.6 is 11.6 Å². The van der Waals surface area contributed by atoms with Gasteiger partial charge in [-0.25, -0.2) is 9.48 Å². The van der Waals surface area contributed by atoms with Gasteiger partial charge >= 0.3 is 5.97 Å². The Balaban J connectivity index is 2.57. The Hall–Kier alpha value is -2.21. The van der Waals surface area contributed by atoms with E-state index in [2.05, 4.69) is 5.10 Å². The van der Waals surface area contributed by atoms with Gasteiger partial charge in [0.05, 0.1) is 5.69 Å². The molecule has 2 rings (SSSR count). The largest absolute Gasteiger partial charge is 0.477 e. The molecule has 0 bridgehead atoms. The summed E-state index contributed by atoms with van der Waals surface area (Å²) >= 11 is 5.75. The number of carboxylic acid groups (broad SMARTS) is 1. The molecule has 0 radical (unpaired) electrons. The van der Waals surface area contributed by atoms with Crippen molar-refractivity contribution in [3.05, 3.63) is 34.9 Å². The lowest BCUT2D eigenvalue weighted by Crippen LogP contribution is -2.05. The van der Waals surface area contributed by atoms with Gasteiger partial charge in [0.25, 0.3) is 0 Å². The Morgan fingerprint density at radius 3 is 2.35 bits per heavy atom. The van der Waals surface area contributed by atoms with Gasteiger partial charge in [0.15, 0.2) is 5.82 Å². The summed E-state index contributed by atoms with van der Waals surface area (Å²) in [5, 5.41) is 13.4. The van der Waals surface area contributed by atoms with Crippen LogP contribution in [0.4, 0.5) is 11.6 Å². The number of hydrogen-bond donors (Lipinski definition) is 3. The lowest BCUT2D eigenvalue weighted by Gasteiger charge is -2.03. The maximum Gasteiger partial charge on any atom is 0.343 e. The third-order valence-electron chi connectivity index (χ3n) is 2.23. The molecule has 0 aliphatic heterocycles. The van der Waals surface area contributed by atoms with Crippen LogP contribution in [0.3, 0.4) is 0 Å². The first-order valence-corrected chi connectivity index (χ1v) is 5.01. The van der Waals surface area contributed by atoms with E-state index in [0.29, 0.717) is 10.7 Å². The maximum atomic E-state index is 10.9. The van der Waals surface area contributed by atoms with Crippen LogP contribution in [0.2, 0.25) is 5.02 Å². The van der Waals surface area contributed by atoms with E-state index >= 15 is 0 Å². The number of carboxylic acids is 1. The van der Waals surface area contributed by atoms with Crippen molar-refractivity contribution in [2.45, 2.75) is 0 Å². The Bertz CT molecular complexity index is 577. The summed E-state index contributed by atoms with van der Waals surface area (Å²) in [5.74, 6) is -1.34. The normalized spacial score (nSPS) is 10.4. The van der Waals surface area contributed by atoms with Gasteiger partial charge in [-0.15, -0.1) is 5.10 Å². The second kappa shape index (κ2) is 3.99. The zero-order chi connectivity index (χ0) is 12.6. The molecule has 0 atom stereocenters. The molecule has 6 nitrogen and oxygen atoms in total. The first-order chi connectivity index (χ1) is 8.00. The molecule has 0 saturated heterocycles. The third kappa shape index (κ3) is 1.90. The zero-order valence-electron chi connectivity index (χ0n) is 8.59. The van der Waals surface area contributed by atoms with Crippen molar-refractivity contribution >= 4 is 29.2 Å². The smallest absolute Gasteiger partial charge is 0.343 e. The summed E-state index contributed by atoms with van der Waals surface area (Å²) in [6.45, 7) is 0. The van der Waals surface area contributed by atoms with Crippen molar-refractivity contribution in [1.82, 2.24) is 9.78 Å². The monoisotopic (exact) mass is 252 g/mol. The second-order valence-corrected chi connectivity index (χ2v) is 3.78. The summed E-state index contributed by atoms with van der Waals surface area (Å²) in [6.07, 6.45) is 0. The number of rotatable bonds is 2. The van der Waals surface area contributed by atoms with Gasteiger partial charge in [-0.1, -0.05) is 11.6 Å². The first kappa shape index (κ1) is 11.3. The number of benzene rings is 1. The van der Waals surface area contributed by atoms with E-state index < -0.39 is 5.97 Å². The van der Waals surface area contributed by atoms with Crippen molar-refractivity contribution in [2.24, 2.45) is 0 Å². The van der Waals surface area contributed by atoms with E-state index in [1.165, 1.54) is 4.68 Å². The molecule has 0 unspecified atom stereocenters. The van der Waals surface area contributed by atoms with E-state index in [4.69, 9.17) is 28.2 Å². The van der Waals surface area contributed by atoms with Gasteiger partial charge in [-0.3, -0.25) is 0 Å². The Morgan fingerprint density at radius 2 is 1.88 bits per heavy atom. The quantitative estimate of drug-likeness (QED) is 0.749. The number of anilines is 2. The topological polar surface area (TPSA) is 107 Å². The molecule has 1 aromatic heterocycles. The molecular formula is C10H9ClN4O2. The standard InChI is InChI=1S/C10H9ClN4O2/c11-5-1-3-6(4-2-5)15-9(13)7(10(16)17)8(12)14-15/h1-4H,13H2,(H2,12,14)(H,16,17). The fourth-order valence-corrected chi connectivity index (χ4v) is 1.57. The van der Waals surface area contributed by atoms with E-state index in [0.717, 1.165) is 0 Å². The van der Waals surface area contributed by atoms with Crippen LogP contribution < -0.4 is 11.5 Å². The number of halogens is 1. The molecule has 0 spiro atoms. The minimum atomic E-state index is -1.21. The van der Waals surface area contributed by atoms with Crippen LogP contribution in [0.1, 0.15) is 10.4 Å². The van der Waals surface area contributed by atoms with Gasteiger partial charge in [-0.2, -0.15) is 0 Å². The third-order valence-corrected chi connectivity index (χ3v) is 2.49. The molecule has 7 heteroatoms. The summed E-state index contributed by atoms with van der Waals surface area (Å²) in [7, 11) is 0. The van der Waals surface area contributed by atoms with E-state index in [9.17, 15) is 4.79 Å². The summed E-state index contributed by atoms with van der Waals surface area (Å²) in [5.41, 5.74) is 11.6. The van der Waals surface area contributed by atoms with Crippen LogP contribution in [0.25, 0.3) is 5.69 Å². The van der Waals surface area contributed by atoms with Crippen LogP contribution in [-0.2, 0) is 0 Å². The minimum Gasteiger partial charge on any atom is -0.477 e. The van der Waals surface area contributed by atoms with Crippen LogP contribution in [0, 0.1) is 0 Å². The molecule has 1 heterocycles. The average molecular weight is 253 g/mol. The molecule has 0 saturated carbocycles. The number of nitrogen functional groups attached to an aromatic ring is 2.